The molecule has 0 saturated carbocycles. The van der Waals surface area contributed by atoms with Gasteiger partial charge in [-0.2, -0.15) is 0 Å². The van der Waals surface area contributed by atoms with Crippen LogP contribution in [0.25, 0.3) is 0 Å². The Labute approximate surface area is 95.0 Å². The number of aromatic nitrogens is 3. The minimum Gasteiger partial charge on any atom is -0.383 e. The maximum absolute atomic E-state index is 11.8. The molecule has 0 fully saturated rings. The van der Waals surface area contributed by atoms with Gasteiger partial charge in [0.05, 0.1) is 19.3 Å². The van der Waals surface area contributed by atoms with E-state index in [1.165, 1.54) is 6.20 Å². The number of methoxy groups -OCH3 is 1. The number of hydrogen-bond acceptors (Lipinski definition) is 5. The number of nitrogens with one attached hydrogen (secondary N) is 1. The van der Waals surface area contributed by atoms with E-state index in [0.717, 1.165) is 13.0 Å². The molecule has 1 N–H and O–H groups in total. The van der Waals surface area contributed by atoms with Crippen molar-refractivity contribution in [3.8, 4) is 0 Å². The molecule has 0 spiro atoms. The second kappa shape index (κ2) is 7.08. The summed E-state index contributed by atoms with van der Waals surface area (Å²) in [5.41, 5.74) is 0.562. The summed E-state index contributed by atoms with van der Waals surface area (Å²) in [6.45, 7) is 4.31. The van der Waals surface area contributed by atoms with Gasteiger partial charge in [-0.3, -0.25) is 4.79 Å². The third-order valence-electron chi connectivity index (χ3n) is 2.11. The van der Waals surface area contributed by atoms with Gasteiger partial charge in [0.25, 0.3) is 0 Å². The molecule has 16 heavy (non-hydrogen) atoms. The highest BCUT2D eigenvalue weighted by molar-refractivity contribution is 5.95. The van der Waals surface area contributed by atoms with Crippen molar-refractivity contribution >= 4 is 5.78 Å². The molecule has 1 aromatic rings. The summed E-state index contributed by atoms with van der Waals surface area (Å²) in [4.78, 5) is 11.8. The van der Waals surface area contributed by atoms with Crippen molar-refractivity contribution in [1.29, 1.82) is 0 Å². The summed E-state index contributed by atoms with van der Waals surface area (Å²) in [6, 6.07) is 0. The fourth-order valence-electron chi connectivity index (χ4n) is 1.32. The van der Waals surface area contributed by atoms with Gasteiger partial charge in [-0.05, 0) is 6.42 Å². The molecule has 0 bridgehead atoms. The molecule has 0 radical (unpaired) electrons. The summed E-state index contributed by atoms with van der Waals surface area (Å²) < 4.78 is 6.51. The van der Waals surface area contributed by atoms with E-state index in [2.05, 4.69) is 15.6 Å². The van der Waals surface area contributed by atoms with Crippen molar-refractivity contribution in [3.63, 3.8) is 0 Å². The van der Waals surface area contributed by atoms with E-state index in [-0.39, 0.29) is 5.78 Å². The molecular formula is C10H18N4O2. The SMILES string of the molecule is CCCn1nncc1C(=O)CNCCOC. The first-order valence-corrected chi connectivity index (χ1v) is 5.41. The zero-order valence-electron chi connectivity index (χ0n) is 9.77. The lowest BCUT2D eigenvalue weighted by Gasteiger charge is -2.05. The van der Waals surface area contributed by atoms with Crippen molar-refractivity contribution in [2.75, 3.05) is 26.8 Å². The molecule has 0 amide bonds. The molecule has 1 rings (SSSR count). The Bertz CT molecular complexity index is 324. The minimum absolute atomic E-state index is 0.00885. The van der Waals surface area contributed by atoms with Crippen LogP contribution in [0, 0.1) is 0 Å². The largest absolute Gasteiger partial charge is 0.383 e. The Morgan fingerprint density at radius 3 is 3.12 bits per heavy atom. The smallest absolute Gasteiger partial charge is 0.196 e. The fraction of sp³-hybridized carbons (Fsp3) is 0.700. The van der Waals surface area contributed by atoms with Gasteiger partial charge in [0.15, 0.2) is 5.78 Å². The van der Waals surface area contributed by atoms with Crippen LogP contribution in [0.1, 0.15) is 23.8 Å². The number of Topliss-reactive ketones (excluding diaryl/α,β-unsaturated/α-hetero) is 1. The van der Waals surface area contributed by atoms with Crippen LogP contribution in [-0.2, 0) is 11.3 Å². The van der Waals surface area contributed by atoms with Crippen LogP contribution < -0.4 is 5.32 Å². The Balaban J connectivity index is 2.42. The van der Waals surface area contributed by atoms with Gasteiger partial charge >= 0.3 is 0 Å². The van der Waals surface area contributed by atoms with E-state index in [1.54, 1.807) is 11.8 Å². The summed E-state index contributed by atoms with van der Waals surface area (Å²) in [7, 11) is 1.63. The van der Waals surface area contributed by atoms with Crippen molar-refractivity contribution in [2.45, 2.75) is 19.9 Å². The average Bonchev–Trinajstić information content (AvgIpc) is 2.73. The number of ketones is 1. The number of aryl methyl sites for hydroxylation is 1. The molecule has 0 atom stereocenters. The third kappa shape index (κ3) is 3.71. The Morgan fingerprint density at radius 1 is 1.62 bits per heavy atom. The quantitative estimate of drug-likeness (QED) is 0.503. The highest BCUT2D eigenvalue weighted by atomic mass is 16.5. The summed E-state index contributed by atoms with van der Waals surface area (Å²) in [6.07, 6.45) is 2.44. The normalized spacial score (nSPS) is 10.6. The Morgan fingerprint density at radius 2 is 2.44 bits per heavy atom. The van der Waals surface area contributed by atoms with Crippen molar-refractivity contribution < 1.29 is 9.53 Å². The molecule has 0 aliphatic heterocycles. The second-order valence-corrected chi connectivity index (χ2v) is 3.44. The number of carbonyl (C=O) groups is 1. The van der Waals surface area contributed by atoms with Crippen molar-refractivity contribution in [3.05, 3.63) is 11.9 Å². The first-order valence-electron chi connectivity index (χ1n) is 5.41. The lowest BCUT2D eigenvalue weighted by atomic mass is 10.3. The van der Waals surface area contributed by atoms with E-state index in [9.17, 15) is 4.79 Å². The fourth-order valence-corrected chi connectivity index (χ4v) is 1.32. The molecule has 90 valence electrons. The Hall–Kier alpha value is -1.27. The van der Waals surface area contributed by atoms with Gasteiger partial charge in [0.1, 0.15) is 5.69 Å². The molecule has 1 aromatic heterocycles. The maximum atomic E-state index is 11.8. The van der Waals surface area contributed by atoms with E-state index in [4.69, 9.17) is 4.74 Å². The van der Waals surface area contributed by atoms with E-state index in [0.29, 0.717) is 25.4 Å². The van der Waals surface area contributed by atoms with Crippen LogP contribution in [0.4, 0.5) is 0 Å². The number of ether oxygens (including phenoxy) is 1. The van der Waals surface area contributed by atoms with Crippen LogP contribution in [0.5, 0.6) is 0 Å². The number of carbonyl (C=O) groups excluding carboxylic acids is 1. The van der Waals surface area contributed by atoms with Gasteiger partial charge in [-0.25, -0.2) is 4.68 Å². The third-order valence-corrected chi connectivity index (χ3v) is 2.11. The van der Waals surface area contributed by atoms with Crippen LogP contribution in [-0.4, -0.2) is 47.6 Å². The molecule has 0 unspecified atom stereocenters. The monoisotopic (exact) mass is 226 g/mol. The van der Waals surface area contributed by atoms with Crippen molar-refractivity contribution in [2.24, 2.45) is 0 Å². The zero-order chi connectivity index (χ0) is 11.8. The summed E-state index contributed by atoms with van der Waals surface area (Å²) in [5.74, 6) is 0.00885. The van der Waals surface area contributed by atoms with Crippen LogP contribution in [0.2, 0.25) is 0 Å². The van der Waals surface area contributed by atoms with Gasteiger partial charge in [-0.15, -0.1) is 5.10 Å². The topological polar surface area (TPSA) is 69.0 Å². The minimum atomic E-state index is 0.00885. The van der Waals surface area contributed by atoms with Crippen LogP contribution >= 0.6 is 0 Å². The molecule has 0 aliphatic carbocycles. The van der Waals surface area contributed by atoms with E-state index >= 15 is 0 Å². The Kier molecular flexibility index (Phi) is 5.66. The zero-order valence-corrected chi connectivity index (χ0v) is 9.77. The molecule has 6 heteroatoms. The highest BCUT2D eigenvalue weighted by Crippen LogP contribution is 1.98. The number of nitrogens with zero attached hydrogens (tertiary/aromatic N) is 3. The lowest BCUT2D eigenvalue weighted by Crippen LogP contribution is -2.27. The van der Waals surface area contributed by atoms with Gasteiger partial charge in [0.2, 0.25) is 0 Å². The predicted octanol–water partition coefficient (Wildman–Crippen LogP) is 0.107. The number of rotatable bonds is 8. The van der Waals surface area contributed by atoms with E-state index in [1.807, 2.05) is 6.92 Å². The van der Waals surface area contributed by atoms with Crippen molar-refractivity contribution in [1.82, 2.24) is 20.3 Å². The van der Waals surface area contributed by atoms with E-state index < -0.39 is 0 Å². The first kappa shape index (κ1) is 12.8. The second-order valence-electron chi connectivity index (χ2n) is 3.44. The molecular weight excluding hydrogens is 208 g/mol. The first-order chi connectivity index (χ1) is 7.79. The number of hydrogen-bond donors (Lipinski definition) is 1. The molecule has 0 saturated heterocycles. The van der Waals surface area contributed by atoms with Crippen LogP contribution in [0.3, 0.4) is 0 Å². The molecule has 1 heterocycles. The highest BCUT2D eigenvalue weighted by Gasteiger charge is 2.11. The molecule has 0 aromatic carbocycles. The molecule has 6 nitrogen and oxygen atoms in total. The predicted molar refractivity (Wildman–Crippen MR) is 59.4 cm³/mol. The average molecular weight is 226 g/mol. The van der Waals surface area contributed by atoms with Gasteiger partial charge < -0.3 is 10.1 Å². The maximum Gasteiger partial charge on any atom is 0.196 e. The summed E-state index contributed by atoms with van der Waals surface area (Å²) >= 11 is 0. The standard InChI is InChI=1S/C10H18N4O2/c1-3-5-14-9(7-12-13-14)10(15)8-11-4-6-16-2/h7,11H,3-6,8H2,1-2H3. The molecule has 0 aliphatic rings. The van der Waals surface area contributed by atoms with Gasteiger partial charge in [0, 0.05) is 20.2 Å². The summed E-state index contributed by atoms with van der Waals surface area (Å²) in [5, 5.41) is 10.6. The van der Waals surface area contributed by atoms with Gasteiger partial charge in [-0.1, -0.05) is 12.1 Å². The lowest BCUT2D eigenvalue weighted by molar-refractivity contribution is 0.0977. The van der Waals surface area contributed by atoms with Crippen LogP contribution in [0.15, 0.2) is 6.20 Å².